The van der Waals surface area contributed by atoms with Gasteiger partial charge in [-0.2, -0.15) is 0 Å². The molecule has 0 aliphatic heterocycles. The van der Waals surface area contributed by atoms with Gasteiger partial charge in [0.2, 0.25) is 0 Å². The average Bonchev–Trinajstić information content (AvgIpc) is 2.44. The monoisotopic (exact) mass is 350 g/mol. The fraction of sp³-hybridized carbons (Fsp3) is 0.188. The molecular formula is C16H16BrFN2O. The second kappa shape index (κ2) is 6.26. The quantitative estimate of drug-likeness (QED) is 0.615. The molecule has 3 nitrogen and oxygen atoms in total. The number of hydrogen-bond donors (Lipinski definition) is 2. The fourth-order valence-corrected chi connectivity index (χ4v) is 2.42. The third-order valence-corrected chi connectivity index (χ3v) is 3.86. The van der Waals surface area contributed by atoms with Crippen LogP contribution in [0.4, 0.5) is 4.39 Å². The Balaban J connectivity index is 2.34. The minimum absolute atomic E-state index is 0.0905. The largest absolute Gasteiger partial charge is 0.454 e. The van der Waals surface area contributed by atoms with E-state index < -0.39 is 5.82 Å². The van der Waals surface area contributed by atoms with Crippen molar-refractivity contribution >= 4 is 21.8 Å². The Kier molecular flexibility index (Phi) is 4.63. The molecule has 0 aliphatic carbocycles. The molecule has 2 aromatic rings. The average molecular weight is 351 g/mol. The van der Waals surface area contributed by atoms with Crippen LogP contribution >= 0.6 is 15.9 Å². The van der Waals surface area contributed by atoms with Crippen LogP contribution in [0.5, 0.6) is 11.5 Å². The van der Waals surface area contributed by atoms with Crippen molar-refractivity contribution in [1.82, 2.24) is 0 Å². The van der Waals surface area contributed by atoms with E-state index in [9.17, 15) is 4.39 Å². The molecule has 0 heterocycles. The van der Waals surface area contributed by atoms with E-state index in [1.54, 1.807) is 12.1 Å². The topological polar surface area (TPSA) is 59.1 Å². The van der Waals surface area contributed by atoms with Gasteiger partial charge in [-0.3, -0.25) is 5.41 Å². The first-order valence-electron chi connectivity index (χ1n) is 6.50. The van der Waals surface area contributed by atoms with Crippen LogP contribution in [-0.4, -0.2) is 5.84 Å². The van der Waals surface area contributed by atoms with Gasteiger partial charge in [0.15, 0.2) is 11.6 Å². The minimum Gasteiger partial charge on any atom is -0.454 e. The summed E-state index contributed by atoms with van der Waals surface area (Å²) in [6.07, 6.45) is 0. The highest BCUT2D eigenvalue weighted by Crippen LogP contribution is 2.32. The van der Waals surface area contributed by atoms with Crippen LogP contribution < -0.4 is 10.5 Å². The molecule has 0 radical (unpaired) electrons. The lowest BCUT2D eigenvalue weighted by atomic mass is 10.0. The maximum absolute atomic E-state index is 14.2. The molecule has 0 unspecified atom stereocenters. The molecule has 0 atom stereocenters. The SMILES string of the molecule is CC(C)c1cccc(Oc2ccc(C(=N)N)c(Br)c2F)c1. The number of hydrogen-bond acceptors (Lipinski definition) is 2. The van der Waals surface area contributed by atoms with Crippen LogP contribution in [-0.2, 0) is 0 Å². The highest BCUT2D eigenvalue weighted by Gasteiger charge is 2.15. The summed E-state index contributed by atoms with van der Waals surface area (Å²) in [5.41, 5.74) is 6.80. The smallest absolute Gasteiger partial charge is 0.180 e. The van der Waals surface area contributed by atoms with Gasteiger partial charge in [0.05, 0.1) is 4.47 Å². The van der Waals surface area contributed by atoms with Gasteiger partial charge in [-0.05, 0) is 51.7 Å². The Morgan fingerprint density at radius 1 is 1.29 bits per heavy atom. The van der Waals surface area contributed by atoms with Gasteiger partial charge in [-0.15, -0.1) is 0 Å². The van der Waals surface area contributed by atoms with Crippen molar-refractivity contribution in [3.8, 4) is 11.5 Å². The van der Waals surface area contributed by atoms with Crippen molar-refractivity contribution in [3.63, 3.8) is 0 Å². The number of halogens is 2. The number of nitrogens with two attached hydrogens (primary N) is 1. The lowest BCUT2D eigenvalue weighted by Gasteiger charge is -2.12. The second-order valence-electron chi connectivity index (χ2n) is 4.98. The summed E-state index contributed by atoms with van der Waals surface area (Å²) in [6, 6.07) is 10.6. The summed E-state index contributed by atoms with van der Waals surface area (Å²) in [7, 11) is 0. The maximum Gasteiger partial charge on any atom is 0.180 e. The molecule has 0 fully saturated rings. The molecule has 3 N–H and O–H groups in total. The summed E-state index contributed by atoms with van der Waals surface area (Å²) in [5.74, 6) is 0.257. The van der Waals surface area contributed by atoms with Gasteiger partial charge >= 0.3 is 0 Å². The molecule has 0 spiro atoms. The van der Waals surface area contributed by atoms with E-state index in [1.165, 1.54) is 6.07 Å². The zero-order valence-corrected chi connectivity index (χ0v) is 13.4. The molecule has 0 aromatic heterocycles. The van der Waals surface area contributed by atoms with Gasteiger partial charge in [0.25, 0.3) is 0 Å². The van der Waals surface area contributed by atoms with Crippen molar-refractivity contribution < 1.29 is 9.13 Å². The normalized spacial score (nSPS) is 10.7. The summed E-state index contributed by atoms with van der Waals surface area (Å²) in [4.78, 5) is 0. The molecule has 21 heavy (non-hydrogen) atoms. The Morgan fingerprint density at radius 2 is 2.00 bits per heavy atom. The predicted molar refractivity (Wildman–Crippen MR) is 85.7 cm³/mol. The minimum atomic E-state index is -0.572. The standard InChI is InChI=1S/C16H16BrFN2O/c1-9(2)10-4-3-5-11(8-10)21-13-7-6-12(16(19)20)14(17)15(13)18/h3-9H,1-2H3,(H3,19,20). The number of benzene rings is 2. The molecular weight excluding hydrogens is 335 g/mol. The Hall–Kier alpha value is -1.88. The lowest BCUT2D eigenvalue weighted by Crippen LogP contribution is -2.12. The summed E-state index contributed by atoms with van der Waals surface area (Å²) >= 11 is 3.11. The highest BCUT2D eigenvalue weighted by atomic mass is 79.9. The van der Waals surface area contributed by atoms with Gasteiger partial charge < -0.3 is 10.5 Å². The van der Waals surface area contributed by atoms with Crippen molar-refractivity contribution in [1.29, 1.82) is 5.41 Å². The predicted octanol–water partition coefficient (Wildman–Crippen LogP) is 4.79. The first-order chi connectivity index (χ1) is 9.90. The molecule has 2 aromatic carbocycles. The molecule has 0 saturated heterocycles. The zero-order chi connectivity index (χ0) is 15.6. The van der Waals surface area contributed by atoms with E-state index in [4.69, 9.17) is 15.9 Å². The number of rotatable bonds is 4. The molecule has 0 bridgehead atoms. The second-order valence-corrected chi connectivity index (χ2v) is 5.78. The summed E-state index contributed by atoms with van der Waals surface area (Å²) in [5, 5.41) is 7.38. The van der Waals surface area contributed by atoms with Gasteiger partial charge in [-0.1, -0.05) is 26.0 Å². The Morgan fingerprint density at radius 3 is 2.62 bits per heavy atom. The van der Waals surface area contributed by atoms with Crippen LogP contribution in [0.1, 0.15) is 30.9 Å². The van der Waals surface area contributed by atoms with Crippen LogP contribution in [0.25, 0.3) is 0 Å². The third kappa shape index (κ3) is 3.42. The molecule has 0 aliphatic rings. The van der Waals surface area contributed by atoms with Crippen LogP contribution in [0.2, 0.25) is 0 Å². The first kappa shape index (κ1) is 15.5. The van der Waals surface area contributed by atoms with Gasteiger partial charge in [0, 0.05) is 5.56 Å². The van der Waals surface area contributed by atoms with Crippen molar-refractivity contribution in [2.75, 3.05) is 0 Å². The lowest BCUT2D eigenvalue weighted by molar-refractivity contribution is 0.439. The van der Waals surface area contributed by atoms with E-state index in [0.717, 1.165) is 5.56 Å². The molecule has 5 heteroatoms. The number of nitrogen functional groups attached to an aromatic ring is 1. The number of ether oxygens (including phenoxy) is 1. The number of amidine groups is 1. The molecule has 110 valence electrons. The van der Waals surface area contributed by atoms with Crippen molar-refractivity contribution in [2.45, 2.75) is 19.8 Å². The fourth-order valence-electron chi connectivity index (χ4n) is 1.88. The van der Waals surface area contributed by atoms with Crippen LogP contribution in [0, 0.1) is 11.2 Å². The van der Waals surface area contributed by atoms with Crippen molar-refractivity contribution in [3.05, 3.63) is 57.8 Å². The summed E-state index contributed by atoms with van der Waals surface area (Å²) in [6.45, 7) is 4.16. The van der Waals surface area contributed by atoms with Gasteiger partial charge in [-0.25, -0.2) is 4.39 Å². The van der Waals surface area contributed by atoms with E-state index >= 15 is 0 Å². The maximum atomic E-state index is 14.2. The molecule has 0 saturated carbocycles. The Bertz CT molecular complexity index is 686. The molecule has 2 rings (SSSR count). The number of nitrogens with one attached hydrogen (secondary N) is 1. The van der Waals surface area contributed by atoms with Crippen LogP contribution in [0.15, 0.2) is 40.9 Å². The van der Waals surface area contributed by atoms with Crippen molar-refractivity contribution in [2.24, 2.45) is 5.73 Å². The van der Waals surface area contributed by atoms with E-state index in [2.05, 4.69) is 29.8 Å². The highest BCUT2D eigenvalue weighted by molar-refractivity contribution is 9.10. The van der Waals surface area contributed by atoms with Crippen LogP contribution in [0.3, 0.4) is 0 Å². The first-order valence-corrected chi connectivity index (χ1v) is 7.29. The summed E-state index contributed by atoms with van der Waals surface area (Å²) < 4.78 is 20.0. The third-order valence-electron chi connectivity index (χ3n) is 3.09. The van der Waals surface area contributed by atoms with E-state index in [-0.39, 0.29) is 16.1 Å². The van der Waals surface area contributed by atoms with Gasteiger partial charge in [0.1, 0.15) is 11.6 Å². The van der Waals surface area contributed by atoms with E-state index in [1.807, 2.05) is 18.2 Å². The molecule has 0 amide bonds. The Labute approximate surface area is 131 Å². The van der Waals surface area contributed by atoms with E-state index in [0.29, 0.717) is 17.2 Å². The zero-order valence-electron chi connectivity index (χ0n) is 11.8.